The minimum atomic E-state index is -0.307. The van der Waals surface area contributed by atoms with E-state index in [-0.39, 0.29) is 11.2 Å². The molecular formula is C14H20O2. The molecule has 1 saturated carbocycles. The standard InChI is InChI=1S/C14H20O2/c1-10-4-5-13(3)11(2)8-14(9-12(10)13)15-6-7-16-14/h4-5,11-12H,1,6-9H2,2-3H3/t11-,12?,13+/m1/s1. The Labute approximate surface area is 97.3 Å². The van der Waals surface area contributed by atoms with Gasteiger partial charge in [0.05, 0.1) is 13.2 Å². The molecule has 1 saturated heterocycles. The van der Waals surface area contributed by atoms with Gasteiger partial charge in [-0.05, 0) is 17.3 Å². The van der Waals surface area contributed by atoms with Gasteiger partial charge in [-0.15, -0.1) is 0 Å². The highest BCUT2D eigenvalue weighted by Gasteiger charge is 2.54. The topological polar surface area (TPSA) is 18.5 Å². The fourth-order valence-electron chi connectivity index (χ4n) is 3.59. The molecule has 2 nitrogen and oxygen atoms in total. The largest absolute Gasteiger partial charge is 0.348 e. The van der Waals surface area contributed by atoms with E-state index in [0.29, 0.717) is 11.8 Å². The molecule has 16 heavy (non-hydrogen) atoms. The van der Waals surface area contributed by atoms with Crippen LogP contribution in [0.1, 0.15) is 26.7 Å². The van der Waals surface area contributed by atoms with Crippen LogP contribution in [0.15, 0.2) is 24.3 Å². The number of hydrogen-bond acceptors (Lipinski definition) is 2. The van der Waals surface area contributed by atoms with Gasteiger partial charge >= 0.3 is 0 Å². The molecular weight excluding hydrogens is 200 g/mol. The minimum Gasteiger partial charge on any atom is -0.348 e. The predicted molar refractivity (Wildman–Crippen MR) is 62.9 cm³/mol. The molecule has 3 atom stereocenters. The molecule has 0 N–H and O–H groups in total. The van der Waals surface area contributed by atoms with E-state index in [9.17, 15) is 0 Å². The summed E-state index contributed by atoms with van der Waals surface area (Å²) < 4.78 is 11.7. The van der Waals surface area contributed by atoms with Crippen molar-refractivity contribution in [1.82, 2.24) is 0 Å². The van der Waals surface area contributed by atoms with Gasteiger partial charge in [-0.3, -0.25) is 0 Å². The third-order valence-corrected chi connectivity index (χ3v) is 4.86. The Bertz CT molecular complexity index is 352. The zero-order chi connectivity index (χ0) is 11.4. The summed E-state index contributed by atoms with van der Waals surface area (Å²) in [6.45, 7) is 10.3. The van der Waals surface area contributed by atoms with Gasteiger partial charge in [0.1, 0.15) is 0 Å². The van der Waals surface area contributed by atoms with Gasteiger partial charge < -0.3 is 9.47 Å². The van der Waals surface area contributed by atoms with Crippen molar-refractivity contribution in [3.05, 3.63) is 24.3 Å². The van der Waals surface area contributed by atoms with Crippen LogP contribution in [0.5, 0.6) is 0 Å². The first-order valence-corrected chi connectivity index (χ1v) is 6.22. The Morgan fingerprint density at radius 3 is 2.69 bits per heavy atom. The SMILES string of the molecule is C=C1C=C[C@]2(C)C1CC1(C[C@H]2C)OCCO1. The molecule has 0 amide bonds. The van der Waals surface area contributed by atoms with E-state index in [1.807, 2.05) is 0 Å². The average Bonchev–Trinajstić information content (AvgIpc) is 2.79. The highest BCUT2D eigenvalue weighted by atomic mass is 16.7. The Hall–Kier alpha value is -0.600. The summed E-state index contributed by atoms with van der Waals surface area (Å²) in [5.41, 5.74) is 1.50. The number of rotatable bonds is 0. The molecule has 0 bridgehead atoms. The van der Waals surface area contributed by atoms with Gasteiger partial charge in [0.15, 0.2) is 5.79 Å². The second kappa shape index (κ2) is 3.21. The lowest BCUT2D eigenvalue weighted by Crippen LogP contribution is -2.47. The van der Waals surface area contributed by atoms with Crippen LogP contribution < -0.4 is 0 Å². The monoisotopic (exact) mass is 220 g/mol. The molecule has 1 aliphatic heterocycles. The normalized spacial score (nSPS) is 45.2. The average molecular weight is 220 g/mol. The van der Waals surface area contributed by atoms with E-state index in [4.69, 9.17) is 9.47 Å². The van der Waals surface area contributed by atoms with E-state index in [1.165, 1.54) is 5.57 Å². The summed E-state index contributed by atoms with van der Waals surface area (Å²) in [4.78, 5) is 0. The van der Waals surface area contributed by atoms with Crippen LogP contribution in [0.25, 0.3) is 0 Å². The number of ether oxygens (including phenoxy) is 2. The first kappa shape index (κ1) is 10.5. The zero-order valence-electron chi connectivity index (χ0n) is 10.2. The second-order valence-corrected chi connectivity index (χ2v) is 5.74. The summed E-state index contributed by atoms with van der Waals surface area (Å²) in [6, 6.07) is 0. The van der Waals surface area contributed by atoms with E-state index in [0.717, 1.165) is 26.1 Å². The number of fused-ring (bicyclic) bond motifs is 1. The molecule has 1 heterocycles. The first-order chi connectivity index (χ1) is 7.56. The third kappa shape index (κ3) is 1.26. The molecule has 2 heteroatoms. The van der Waals surface area contributed by atoms with Gasteiger partial charge in [-0.1, -0.05) is 38.2 Å². The van der Waals surface area contributed by atoms with E-state index in [2.05, 4.69) is 32.6 Å². The molecule has 2 fully saturated rings. The zero-order valence-corrected chi connectivity index (χ0v) is 10.2. The van der Waals surface area contributed by atoms with Gasteiger partial charge in [-0.2, -0.15) is 0 Å². The highest BCUT2D eigenvalue weighted by molar-refractivity contribution is 5.33. The van der Waals surface area contributed by atoms with Crippen LogP contribution in [-0.2, 0) is 9.47 Å². The first-order valence-electron chi connectivity index (χ1n) is 6.22. The lowest BCUT2D eigenvalue weighted by molar-refractivity contribution is -0.209. The lowest BCUT2D eigenvalue weighted by atomic mass is 9.61. The lowest BCUT2D eigenvalue weighted by Gasteiger charge is -2.48. The van der Waals surface area contributed by atoms with E-state index >= 15 is 0 Å². The second-order valence-electron chi connectivity index (χ2n) is 5.74. The van der Waals surface area contributed by atoms with Crippen LogP contribution in [0, 0.1) is 17.3 Å². The maximum absolute atomic E-state index is 5.86. The Morgan fingerprint density at radius 1 is 1.31 bits per heavy atom. The summed E-state index contributed by atoms with van der Waals surface area (Å²) in [5, 5.41) is 0. The van der Waals surface area contributed by atoms with Crippen molar-refractivity contribution in [3.63, 3.8) is 0 Å². The molecule has 0 aromatic carbocycles. The van der Waals surface area contributed by atoms with Crippen molar-refractivity contribution in [2.75, 3.05) is 13.2 Å². The van der Waals surface area contributed by atoms with Gasteiger partial charge in [0, 0.05) is 12.8 Å². The molecule has 0 radical (unpaired) electrons. The van der Waals surface area contributed by atoms with E-state index < -0.39 is 0 Å². The summed E-state index contributed by atoms with van der Waals surface area (Å²) in [7, 11) is 0. The van der Waals surface area contributed by atoms with Crippen LogP contribution in [0.3, 0.4) is 0 Å². The molecule has 0 aromatic rings. The maximum Gasteiger partial charge on any atom is 0.169 e. The predicted octanol–water partition coefficient (Wildman–Crippen LogP) is 2.91. The fraction of sp³-hybridized carbons (Fsp3) is 0.714. The van der Waals surface area contributed by atoms with Crippen molar-refractivity contribution in [2.24, 2.45) is 17.3 Å². The maximum atomic E-state index is 5.86. The molecule has 88 valence electrons. The Morgan fingerprint density at radius 2 is 2.00 bits per heavy atom. The Kier molecular flexibility index (Phi) is 2.11. The molecule has 0 aromatic heterocycles. The van der Waals surface area contributed by atoms with Crippen molar-refractivity contribution >= 4 is 0 Å². The quantitative estimate of drug-likeness (QED) is 0.625. The Balaban J connectivity index is 1.93. The number of allylic oxidation sites excluding steroid dienone is 3. The van der Waals surface area contributed by atoms with E-state index in [1.54, 1.807) is 0 Å². The molecule has 2 aliphatic carbocycles. The number of hydrogen-bond donors (Lipinski definition) is 0. The van der Waals surface area contributed by atoms with Crippen molar-refractivity contribution in [2.45, 2.75) is 32.5 Å². The van der Waals surface area contributed by atoms with Crippen molar-refractivity contribution in [1.29, 1.82) is 0 Å². The van der Waals surface area contributed by atoms with Crippen LogP contribution in [0.2, 0.25) is 0 Å². The van der Waals surface area contributed by atoms with Crippen LogP contribution in [0.4, 0.5) is 0 Å². The molecule has 3 aliphatic rings. The van der Waals surface area contributed by atoms with Crippen molar-refractivity contribution < 1.29 is 9.47 Å². The van der Waals surface area contributed by atoms with Gasteiger partial charge in [-0.25, -0.2) is 0 Å². The third-order valence-electron chi connectivity index (χ3n) is 4.86. The fourth-order valence-corrected chi connectivity index (χ4v) is 3.59. The van der Waals surface area contributed by atoms with Crippen LogP contribution >= 0.6 is 0 Å². The molecule has 1 unspecified atom stereocenters. The summed E-state index contributed by atoms with van der Waals surface area (Å²) in [6.07, 6.45) is 6.51. The molecule has 3 rings (SSSR count). The highest BCUT2D eigenvalue weighted by Crippen LogP contribution is 2.57. The minimum absolute atomic E-state index is 0.262. The summed E-state index contributed by atoms with van der Waals surface area (Å²) >= 11 is 0. The molecule has 1 spiro atoms. The van der Waals surface area contributed by atoms with Crippen LogP contribution in [-0.4, -0.2) is 19.0 Å². The van der Waals surface area contributed by atoms with Crippen molar-refractivity contribution in [3.8, 4) is 0 Å². The van der Waals surface area contributed by atoms with Gasteiger partial charge in [0.2, 0.25) is 0 Å². The van der Waals surface area contributed by atoms with Gasteiger partial charge in [0.25, 0.3) is 0 Å². The smallest absolute Gasteiger partial charge is 0.169 e. The summed E-state index contributed by atoms with van der Waals surface area (Å²) in [5.74, 6) is 0.771.